The Labute approximate surface area is 157 Å². The molecule has 2 aromatic rings. The third kappa shape index (κ3) is 5.85. The highest BCUT2D eigenvalue weighted by Gasteiger charge is 2.12. The largest absolute Gasteiger partial charge is 0.494 e. The molecule has 1 N–H and O–H groups in total. The van der Waals surface area contributed by atoms with Gasteiger partial charge in [0.2, 0.25) is 5.91 Å². The Bertz CT molecular complexity index is 833. The second-order valence-corrected chi connectivity index (χ2v) is 5.70. The second kappa shape index (κ2) is 9.96. The van der Waals surface area contributed by atoms with E-state index in [-0.39, 0.29) is 17.3 Å². The summed E-state index contributed by atoms with van der Waals surface area (Å²) in [6.45, 7) is 2.71. The standard InChI is InChI=1S/C20H22N2O5/c1-3-4-13-27-18-8-6-5-7-15(18)9-12-20(23)21-17-11-10-16(22(24)25)14-19(17)26-2/h5-12,14H,3-4,13H2,1-2H3,(H,21,23)/b12-9+. The van der Waals surface area contributed by atoms with Crippen LogP contribution in [0.4, 0.5) is 11.4 Å². The van der Waals surface area contributed by atoms with E-state index in [1.165, 1.54) is 31.4 Å². The fourth-order valence-corrected chi connectivity index (χ4v) is 2.31. The average molecular weight is 370 g/mol. The van der Waals surface area contributed by atoms with Gasteiger partial charge in [0.05, 0.1) is 30.4 Å². The van der Waals surface area contributed by atoms with Gasteiger partial charge in [-0.3, -0.25) is 14.9 Å². The average Bonchev–Trinajstić information content (AvgIpc) is 2.67. The minimum Gasteiger partial charge on any atom is -0.494 e. The van der Waals surface area contributed by atoms with Gasteiger partial charge < -0.3 is 14.8 Å². The first-order valence-corrected chi connectivity index (χ1v) is 8.58. The minimum absolute atomic E-state index is 0.112. The smallest absolute Gasteiger partial charge is 0.273 e. The van der Waals surface area contributed by atoms with Crippen molar-refractivity contribution in [3.05, 3.63) is 64.2 Å². The van der Waals surface area contributed by atoms with Gasteiger partial charge in [-0.25, -0.2) is 0 Å². The number of nitrogens with one attached hydrogen (secondary N) is 1. The van der Waals surface area contributed by atoms with Crippen LogP contribution >= 0.6 is 0 Å². The lowest BCUT2D eigenvalue weighted by atomic mass is 10.2. The van der Waals surface area contributed by atoms with Crippen LogP contribution in [0.3, 0.4) is 0 Å². The predicted octanol–water partition coefficient (Wildman–Crippen LogP) is 4.43. The number of unbranched alkanes of at least 4 members (excludes halogenated alkanes) is 1. The number of nitrogens with zero attached hydrogens (tertiary/aromatic N) is 1. The topological polar surface area (TPSA) is 90.7 Å². The Morgan fingerprint density at radius 3 is 2.70 bits per heavy atom. The number of hydrogen-bond acceptors (Lipinski definition) is 5. The maximum absolute atomic E-state index is 12.2. The van der Waals surface area contributed by atoms with E-state index in [0.29, 0.717) is 18.0 Å². The summed E-state index contributed by atoms with van der Waals surface area (Å²) in [6.07, 6.45) is 5.04. The third-order valence-corrected chi connectivity index (χ3v) is 3.74. The van der Waals surface area contributed by atoms with Crippen LogP contribution in [-0.2, 0) is 4.79 Å². The summed E-state index contributed by atoms with van der Waals surface area (Å²) in [4.78, 5) is 22.5. The molecule has 0 saturated carbocycles. The Hall–Kier alpha value is -3.35. The molecule has 0 heterocycles. The van der Waals surface area contributed by atoms with Gasteiger partial charge in [0.15, 0.2) is 0 Å². The first-order chi connectivity index (χ1) is 13.0. The van der Waals surface area contributed by atoms with Gasteiger partial charge in [-0.15, -0.1) is 0 Å². The molecule has 0 radical (unpaired) electrons. The van der Waals surface area contributed by atoms with E-state index in [4.69, 9.17) is 9.47 Å². The second-order valence-electron chi connectivity index (χ2n) is 5.70. The summed E-state index contributed by atoms with van der Waals surface area (Å²) in [6, 6.07) is 11.5. The van der Waals surface area contributed by atoms with Crippen molar-refractivity contribution >= 4 is 23.4 Å². The number of anilines is 1. The maximum atomic E-state index is 12.2. The first-order valence-electron chi connectivity index (χ1n) is 8.58. The molecule has 7 nitrogen and oxygen atoms in total. The number of rotatable bonds is 9. The van der Waals surface area contributed by atoms with Crippen LogP contribution in [0.25, 0.3) is 6.08 Å². The van der Waals surface area contributed by atoms with E-state index in [1.807, 2.05) is 24.3 Å². The molecule has 0 aromatic heterocycles. The monoisotopic (exact) mass is 370 g/mol. The molecule has 0 saturated heterocycles. The summed E-state index contributed by atoms with van der Waals surface area (Å²) < 4.78 is 10.8. The molecule has 1 amide bonds. The number of benzene rings is 2. The van der Waals surface area contributed by atoms with Crippen molar-refractivity contribution in [3.8, 4) is 11.5 Å². The van der Waals surface area contributed by atoms with Crippen molar-refractivity contribution in [2.24, 2.45) is 0 Å². The Balaban J connectivity index is 2.09. The van der Waals surface area contributed by atoms with Crippen LogP contribution in [0.1, 0.15) is 25.3 Å². The highest BCUT2D eigenvalue weighted by atomic mass is 16.6. The van der Waals surface area contributed by atoms with E-state index in [9.17, 15) is 14.9 Å². The molecule has 0 unspecified atom stereocenters. The highest BCUT2D eigenvalue weighted by Crippen LogP contribution is 2.29. The number of nitro benzene ring substituents is 1. The molecule has 0 atom stereocenters. The number of methoxy groups -OCH3 is 1. The lowest BCUT2D eigenvalue weighted by Crippen LogP contribution is -2.09. The zero-order valence-corrected chi connectivity index (χ0v) is 15.3. The van der Waals surface area contributed by atoms with Gasteiger partial charge in [-0.2, -0.15) is 0 Å². The number of carbonyl (C=O) groups is 1. The quantitative estimate of drug-likeness (QED) is 0.305. The molecule has 7 heteroatoms. The van der Waals surface area contributed by atoms with Crippen molar-refractivity contribution in [2.75, 3.05) is 19.0 Å². The summed E-state index contributed by atoms with van der Waals surface area (Å²) in [5, 5.41) is 13.5. The number of amides is 1. The lowest BCUT2D eigenvalue weighted by Gasteiger charge is -2.09. The number of ether oxygens (including phenoxy) is 2. The van der Waals surface area contributed by atoms with Gasteiger partial charge in [0.1, 0.15) is 11.5 Å². The van der Waals surface area contributed by atoms with E-state index in [2.05, 4.69) is 12.2 Å². The van der Waals surface area contributed by atoms with Crippen LogP contribution in [0, 0.1) is 10.1 Å². The molecule has 0 fully saturated rings. The number of para-hydroxylation sites is 1. The third-order valence-electron chi connectivity index (χ3n) is 3.74. The fourth-order valence-electron chi connectivity index (χ4n) is 2.31. The van der Waals surface area contributed by atoms with Gasteiger partial charge in [-0.1, -0.05) is 31.5 Å². The van der Waals surface area contributed by atoms with E-state index >= 15 is 0 Å². The van der Waals surface area contributed by atoms with Crippen molar-refractivity contribution in [1.82, 2.24) is 0 Å². The molecule has 0 aliphatic heterocycles. The molecule has 142 valence electrons. The first kappa shape index (κ1) is 20.0. The summed E-state index contributed by atoms with van der Waals surface area (Å²) in [5.41, 5.74) is 1.03. The van der Waals surface area contributed by atoms with Crippen molar-refractivity contribution in [1.29, 1.82) is 0 Å². The van der Waals surface area contributed by atoms with Crippen molar-refractivity contribution in [3.63, 3.8) is 0 Å². The molecule has 0 bridgehead atoms. The lowest BCUT2D eigenvalue weighted by molar-refractivity contribution is -0.384. The SMILES string of the molecule is CCCCOc1ccccc1/C=C/C(=O)Nc1ccc([N+](=O)[O-])cc1OC. The van der Waals surface area contributed by atoms with Gasteiger partial charge in [0.25, 0.3) is 5.69 Å². The molecule has 0 spiro atoms. The van der Waals surface area contributed by atoms with E-state index in [0.717, 1.165) is 18.4 Å². The Kier molecular flexibility index (Phi) is 7.37. The summed E-state index contributed by atoms with van der Waals surface area (Å²) in [5.74, 6) is 0.544. The van der Waals surface area contributed by atoms with E-state index < -0.39 is 4.92 Å². The molecule has 2 rings (SSSR count). The molecular weight excluding hydrogens is 348 g/mol. The van der Waals surface area contributed by atoms with E-state index in [1.54, 1.807) is 6.08 Å². The number of hydrogen-bond donors (Lipinski definition) is 1. The summed E-state index contributed by atoms with van der Waals surface area (Å²) >= 11 is 0. The van der Waals surface area contributed by atoms with Crippen LogP contribution < -0.4 is 14.8 Å². The number of nitro groups is 1. The summed E-state index contributed by atoms with van der Waals surface area (Å²) in [7, 11) is 1.38. The fraction of sp³-hybridized carbons (Fsp3) is 0.250. The number of non-ortho nitro benzene ring substituents is 1. The van der Waals surface area contributed by atoms with Crippen LogP contribution in [0.5, 0.6) is 11.5 Å². The van der Waals surface area contributed by atoms with Crippen molar-refractivity contribution < 1.29 is 19.2 Å². The normalized spacial score (nSPS) is 10.6. The Morgan fingerprint density at radius 1 is 1.22 bits per heavy atom. The highest BCUT2D eigenvalue weighted by molar-refractivity contribution is 6.03. The van der Waals surface area contributed by atoms with Gasteiger partial charge in [0, 0.05) is 17.7 Å². The molecule has 2 aromatic carbocycles. The molecule has 27 heavy (non-hydrogen) atoms. The molecule has 0 aliphatic carbocycles. The predicted molar refractivity (Wildman–Crippen MR) is 104 cm³/mol. The minimum atomic E-state index is -0.524. The van der Waals surface area contributed by atoms with Crippen LogP contribution in [-0.4, -0.2) is 24.5 Å². The van der Waals surface area contributed by atoms with Gasteiger partial charge in [-0.05, 0) is 24.6 Å². The molecule has 0 aliphatic rings. The molecular formula is C20H22N2O5. The van der Waals surface area contributed by atoms with Crippen LogP contribution in [0.15, 0.2) is 48.5 Å². The van der Waals surface area contributed by atoms with Gasteiger partial charge >= 0.3 is 0 Å². The van der Waals surface area contributed by atoms with Crippen molar-refractivity contribution in [2.45, 2.75) is 19.8 Å². The maximum Gasteiger partial charge on any atom is 0.273 e. The zero-order chi connectivity index (χ0) is 19.6. The Morgan fingerprint density at radius 2 is 2.00 bits per heavy atom. The number of carbonyl (C=O) groups excluding carboxylic acids is 1. The van der Waals surface area contributed by atoms with Crippen LogP contribution in [0.2, 0.25) is 0 Å². The zero-order valence-electron chi connectivity index (χ0n) is 15.3.